The number of quaternary nitrogens is 1. The number of pyridine rings is 2. The van der Waals surface area contributed by atoms with Crippen molar-refractivity contribution in [1.82, 2.24) is 14.9 Å². The van der Waals surface area contributed by atoms with Crippen molar-refractivity contribution < 1.29 is 20.0 Å². The van der Waals surface area contributed by atoms with Crippen molar-refractivity contribution in [1.29, 1.82) is 0 Å². The molecule has 1 fully saturated rings. The number of nitrogen functional groups attached to an aromatic ring is 1. The number of halogens is 2. The molecule has 3 aromatic rings. The van der Waals surface area contributed by atoms with Crippen LogP contribution < -0.4 is 26.5 Å². The highest BCUT2D eigenvalue weighted by atomic mass is 35.5. The van der Waals surface area contributed by atoms with Crippen LogP contribution in [0.15, 0.2) is 42.5 Å². The summed E-state index contributed by atoms with van der Waals surface area (Å²) in [7, 11) is 0. The minimum atomic E-state index is -1.14. The Balaban J connectivity index is 1.52. The number of anilines is 4. The highest BCUT2D eigenvalue weighted by Gasteiger charge is 2.29. The fourth-order valence-electron chi connectivity index (χ4n) is 3.98. The van der Waals surface area contributed by atoms with Crippen LogP contribution >= 0.6 is 23.2 Å². The summed E-state index contributed by atoms with van der Waals surface area (Å²) in [6.45, 7) is 3.04. The van der Waals surface area contributed by atoms with Gasteiger partial charge in [-0.3, -0.25) is 9.59 Å². The Morgan fingerprint density at radius 1 is 1.11 bits per heavy atom. The second-order valence-electron chi connectivity index (χ2n) is 8.46. The molecule has 1 aromatic carbocycles. The van der Waals surface area contributed by atoms with Gasteiger partial charge in [-0.1, -0.05) is 23.2 Å². The number of nitrogens with zero attached hydrogens (tertiary/aromatic N) is 4. The highest BCUT2D eigenvalue weighted by Crippen LogP contribution is 2.37. The lowest BCUT2D eigenvalue weighted by Gasteiger charge is -2.34. The second-order valence-corrected chi connectivity index (χ2v) is 9.31. The molecular weight excluding hydrogens is 535 g/mol. The summed E-state index contributed by atoms with van der Waals surface area (Å²) in [6, 6.07) is 11.5. The van der Waals surface area contributed by atoms with Gasteiger partial charge >= 0.3 is 0 Å². The standard InChI is InChI=1S/C24H26Cl2N8O4/c1-14(35)32-10-11-33(22(36)13-32)18-4-6-20(30-23(18)16-3-2-15(25)12-17(16)26)28-8-9-29-21-7-5-19(34(37)38)24(27)31-21/h2-7,12,34,37H,8-11,13H2,1H3,(H,28,30)(H3,27,29,31). The molecule has 1 saturated heterocycles. The third kappa shape index (κ3) is 6.23. The summed E-state index contributed by atoms with van der Waals surface area (Å²) < 4.78 is 0. The number of hydrogen-bond acceptors (Lipinski definition) is 9. The van der Waals surface area contributed by atoms with E-state index in [4.69, 9.17) is 39.1 Å². The third-order valence-electron chi connectivity index (χ3n) is 5.91. The van der Waals surface area contributed by atoms with E-state index in [-0.39, 0.29) is 29.9 Å². The van der Waals surface area contributed by atoms with Crippen molar-refractivity contribution in [2.75, 3.05) is 54.0 Å². The SMILES string of the molecule is CC(=O)N1CCN(c2ccc(NCCNc3ccc([NH+]([O-])O)c(N)n3)nc2-c2ccc(Cl)cc2Cl)C(=O)C1. The molecule has 1 aliphatic heterocycles. The van der Waals surface area contributed by atoms with E-state index in [1.54, 1.807) is 35.2 Å². The molecule has 2 amide bonds. The van der Waals surface area contributed by atoms with Gasteiger partial charge in [-0.05, 0) is 36.4 Å². The number of benzene rings is 1. The summed E-state index contributed by atoms with van der Waals surface area (Å²) in [5, 5.41) is 26.2. The van der Waals surface area contributed by atoms with Crippen molar-refractivity contribution in [3.8, 4) is 11.3 Å². The molecule has 4 rings (SSSR count). The molecule has 6 N–H and O–H groups in total. The van der Waals surface area contributed by atoms with E-state index in [2.05, 4.69) is 15.6 Å². The number of carbonyl (C=O) groups excluding carboxylic acids is 2. The Kier molecular flexibility index (Phi) is 8.49. The van der Waals surface area contributed by atoms with Crippen molar-refractivity contribution >= 4 is 63.8 Å². The maximum Gasteiger partial charge on any atom is 0.246 e. The van der Waals surface area contributed by atoms with E-state index >= 15 is 0 Å². The zero-order valence-corrected chi connectivity index (χ0v) is 21.9. The molecule has 1 unspecified atom stereocenters. The van der Waals surface area contributed by atoms with Crippen LogP contribution in [0.5, 0.6) is 0 Å². The van der Waals surface area contributed by atoms with Crippen LogP contribution in [0, 0.1) is 5.21 Å². The van der Waals surface area contributed by atoms with Gasteiger partial charge in [0.1, 0.15) is 18.2 Å². The number of rotatable bonds is 8. The van der Waals surface area contributed by atoms with Gasteiger partial charge in [-0.25, -0.2) is 15.2 Å². The number of nitrogens with two attached hydrogens (primary N) is 1. The fraction of sp³-hybridized carbons (Fsp3) is 0.250. The normalized spacial score (nSPS) is 14.4. The highest BCUT2D eigenvalue weighted by molar-refractivity contribution is 6.36. The lowest BCUT2D eigenvalue weighted by atomic mass is 10.1. The first-order chi connectivity index (χ1) is 18.1. The first-order valence-corrected chi connectivity index (χ1v) is 12.4. The van der Waals surface area contributed by atoms with Crippen LogP contribution in [0.4, 0.5) is 28.8 Å². The number of amides is 2. The minimum Gasteiger partial charge on any atom is -0.595 e. The van der Waals surface area contributed by atoms with E-state index < -0.39 is 5.23 Å². The van der Waals surface area contributed by atoms with E-state index in [0.29, 0.717) is 64.8 Å². The first kappa shape index (κ1) is 27.4. The summed E-state index contributed by atoms with van der Waals surface area (Å²) in [5.74, 6) is 0.538. The molecule has 38 heavy (non-hydrogen) atoms. The van der Waals surface area contributed by atoms with Gasteiger partial charge in [0.05, 0.1) is 16.4 Å². The minimum absolute atomic E-state index is 0.0131. The van der Waals surface area contributed by atoms with Crippen LogP contribution in [0.3, 0.4) is 0 Å². The Labute approximate surface area is 228 Å². The molecule has 0 bridgehead atoms. The molecular formula is C24H26Cl2N8O4. The molecule has 1 atom stereocenters. The number of carbonyl (C=O) groups is 2. The number of hydrogen-bond donors (Lipinski definition) is 5. The van der Waals surface area contributed by atoms with Crippen molar-refractivity contribution in [3.63, 3.8) is 0 Å². The third-order valence-corrected chi connectivity index (χ3v) is 6.46. The second kappa shape index (κ2) is 11.8. The lowest BCUT2D eigenvalue weighted by Crippen LogP contribution is -2.99. The molecule has 12 nitrogen and oxygen atoms in total. The van der Waals surface area contributed by atoms with Gasteiger partial charge in [0.15, 0.2) is 5.82 Å². The predicted octanol–water partition coefficient (Wildman–Crippen LogP) is 2.16. The van der Waals surface area contributed by atoms with E-state index in [9.17, 15) is 14.8 Å². The van der Waals surface area contributed by atoms with Crippen LogP contribution in [0.2, 0.25) is 10.0 Å². The van der Waals surface area contributed by atoms with E-state index in [1.165, 1.54) is 24.0 Å². The Hall–Kier alpha value is -3.68. The largest absolute Gasteiger partial charge is 0.595 e. The fourth-order valence-corrected chi connectivity index (χ4v) is 4.48. The number of nitrogens with one attached hydrogen (secondary N) is 3. The molecule has 14 heteroatoms. The molecule has 2 aromatic heterocycles. The molecule has 0 aliphatic carbocycles. The molecule has 1 aliphatic rings. The average molecular weight is 561 g/mol. The smallest absolute Gasteiger partial charge is 0.246 e. The average Bonchev–Trinajstić information content (AvgIpc) is 2.86. The maximum atomic E-state index is 12.9. The zero-order valence-electron chi connectivity index (χ0n) is 20.4. The topological polar surface area (TPSA) is 164 Å². The van der Waals surface area contributed by atoms with E-state index in [0.717, 1.165) is 0 Å². The van der Waals surface area contributed by atoms with Crippen LogP contribution in [-0.2, 0) is 9.59 Å². The summed E-state index contributed by atoms with van der Waals surface area (Å²) in [6.07, 6.45) is 0. The zero-order chi connectivity index (χ0) is 27.4. The quantitative estimate of drug-likeness (QED) is 0.205. The summed E-state index contributed by atoms with van der Waals surface area (Å²) >= 11 is 12.6. The molecule has 3 heterocycles. The maximum absolute atomic E-state index is 12.9. The van der Waals surface area contributed by atoms with Crippen LogP contribution in [0.1, 0.15) is 6.92 Å². The van der Waals surface area contributed by atoms with Gasteiger partial charge in [0.25, 0.3) is 0 Å². The van der Waals surface area contributed by atoms with Gasteiger partial charge in [0.2, 0.25) is 17.5 Å². The van der Waals surface area contributed by atoms with Crippen molar-refractivity contribution in [2.24, 2.45) is 0 Å². The van der Waals surface area contributed by atoms with Crippen molar-refractivity contribution in [3.05, 3.63) is 57.7 Å². The molecule has 0 saturated carbocycles. The summed E-state index contributed by atoms with van der Waals surface area (Å²) in [5.41, 5.74) is 7.30. The predicted molar refractivity (Wildman–Crippen MR) is 146 cm³/mol. The first-order valence-electron chi connectivity index (χ1n) is 11.6. The molecule has 0 radical (unpaired) electrons. The molecule has 200 valence electrons. The van der Waals surface area contributed by atoms with E-state index in [1.807, 2.05) is 0 Å². The monoisotopic (exact) mass is 560 g/mol. The number of piperazine rings is 1. The van der Waals surface area contributed by atoms with Gasteiger partial charge in [0, 0.05) is 49.8 Å². The summed E-state index contributed by atoms with van der Waals surface area (Å²) in [4.78, 5) is 36.6. The Morgan fingerprint density at radius 3 is 2.39 bits per heavy atom. The van der Waals surface area contributed by atoms with Crippen molar-refractivity contribution in [2.45, 2.75) is 6.92 Å². The van der Waals surface area contributed by atoms with Gasteiger partial charge < -0.3 is 31.4 Å². The van der Waals surface area contributed by atoms with Gasteiger partial charge in [-0.15, -0.1) is 0 Å². The Morgan fingerprint density at radius 2 is 1.79 bits per heavy atom. The van der Waals surface area contributed by atoms with Crippen LogP contribution in [0.25, 0.3) is 11.3 Å². The number of aromatic nitrogens is 2. The Bertz CT molecular complexity index is 1360. The lowest BCUT2D eigenvalue weighted by molar-refractivity contribution is -0.990. The molecule has 0 spiro atoms. The van der Waals surface area contributed by atoms with Gasteiger partial charge in [-0.2, -0.15) is 5.23 Å². The van der Waals surface area contributed by atoms with Crippen LogP contribution in [-0.4, -0.2) is 64.6 Å².